The van der Waals surface area contributed by atoms with Crippen molar-refractivity contribution in [2.24, 2.45) is 0 Å². The molecule has 3 aromatic heterocycles. The van der Waals surface area contributed by atoms with Crippen molar-refractivity contribution in [3.63, 3.8) is 0 Å². The van der Waals surface area contributed by atoms with Crippen LogP contribution in [0.3, 0.4) is 0 Å². The van der Waals surface area contributed by atoms with Crippen LogP contribution in [-0.2, 0) is 4.79 Å². The highest BCUT2D eigenvalue weighted by atomic mass is 16.5. The lowest BCUT2D eigenvalue weighted by atomic mass is 9.80. The number of fused-ring (bicyclic) bond motifs is 1. The van der Waals surface area contributed by atoms with Crippen molar-refractivity contribution >= 4 is 17.6 Å². The van der Waals surface area contributed by atoms with Gasteiger partial charge in [-0.3, -0.25) is 4.79 Å². The van der Waals surface area contributed by atoms with Crippen molar-refractivity contribution in [1.29, 1.82) is 0 Å². The Morgan fingerprint density at radius 2 is 1.91 bits per heavy atom. The minimum absolute atomic E-state index is 0.0380. The molecule has 0 spiro atoms. The van der Waals surface area contributed by atoms with E-state index in [0.29, 0.717) is 46.1 Å². The predicted molar refractivity (Wildman–Crippen MR) is 120 cm³/mol. The first-order chi connectivity index (χ1) is 15.7. The molecule has 10 nitrogen and oxygen atoms in total. The molecule has 1 saturated heterocycles. The normalized spacial score (nSPS) is 17.8. The third-order valence-corrected chi connectivity index (χ3v) is 5.85. The Bertz CT molecular complexity index is 1300. The Hall–Kier alpha value is -3.66. The van der Waals surface area contributed by atoms with Crippen LogP contribution in [0, 0.1) is 0 Å². The zero-order valence-electron chi connectivity index (χ0n) is 18.9. The van der Waals surface area contributed by atoms with Crippen LogP contribution in [0.5, 0.6) is 5.75 Å². The number of carbonyl (C=O) groups excluding carboxylic acids is 1. The molecule has 1 fully saturated rings. The highest BCUT2D eigenvalue weighted by Crippen LogP contribution is 2.37. The average molecular weight is 447 g/mol. The number of benzene rings is 1. The quantitative estimate of drug-likeness (QED) is 0.458. The fourth-order valence-electron chi connectivity index (χ4n) is 4.95. The second-order valence-corrected chi connectivity index (χ2v) is 9.69. The monoisotopic (exact) mass is 447 g/mol. The summed E-state index contributed by atoms with van der Waals surface area (Å²) in [7, 11) is 0. The first-order valence-electron chi connectivity index (χ1n) is 10.8. The van der Waals surface area contributed by atoms with Crippen LogP contribution >= 0.6 is 0 Å². The second-order valence-electron chi connectivity index (χ2n) is 9.69. The number of aromatic nitrogens is 6. The van der Waals surface area contributed by atoms with Gasteiger partial charge in [0.05, 0.1) is 17.9 Å². The van der Waals surface area contributed by atoms with Crippen LogP contribution < -0.4 is 10.1 Å². The number of nitrogens with zero attached hydrogens (tertiary/aromatic N) is 6. The van der Waals surface area contributed by atoms with Gasteiger partial charge in [0.1, 0.15) is 17.5 Å². The topological polar surface area (TPSA) is 121 Å². The van der Waals surface area contributed by atoms with Crippen molar-refractivity contribution in [3.8, 4) is 28.5 Å². The lowest BCUT2D eigenvalue weighted by molar-refractivity contribution is -0.120. The zero-order chi connectivity index (χ0) is 23.2. The molecular weight excluding hydrogens is 422 g/mol. The smallest absolute Gasteiger partial charge is 0.298 e. The van der Waals surface area contributed by atoms with Gasteiger partial charge >= 0.3 is 0 Å². The van der Waals surface area contributed by atoms with Crippen molar-refractivity contribution in [1.82, 2.24) is 35.5 Å². The molecule has 0 radical (unpaired) electrons. The molecule has 1 aromatic carbocycles. The number of oxazole rings is 1. The molecule has 1 aliphatic heterocycles. The van der Waals surface area contributed by atoms with Crippen molar-refractivity contribution in [3.05, 3.63) is 36.7 Å². The first-order valence-corrected chi connectivity index (χ1v) is 10.8. The number of rotatable bonds is 5. The van der Waals surface area contributed by atoms with E-state index in [1.807, 2.05) is 10.7 Å². The number of carbonyl (C=O) groups is 1. The third-order valence-electron chi connectivity index (χ3n) is 5.85. The van der Waals surface area contributed by atoms with Gasteiger partial charge in [-0.2, -0.15) is 0 Å². The number of hydrogen-bond acceptors (Lipinski definition) is 9. The van der Waals surface area contributed by atoms with E-state index in [0.717, 1.165) is 12.8 Å². The summed E-state index contributed by atoms with van der Waals surface area (Å²) in [5.74, 6) is 0.748. The van der Waals surface area contributed by atoms with Crippen LogP contribution in [0.4, 0.5) is 0 Å². The van der Waals surface area contributed by atoms with E-state index in [2.05, 4.69) is 58.5 Å². The summed E-state index contributed by atoms with van der Waals surface area (Å²) in [6, 6.07) is 7.24. The van der Waals surface area contributed by atoms with Crippen molar-refractivity contribution in [2.45, 2.75) is 57.7 Å². The highest BCUT2D eigenvalue weighted by Gasteiger charge is 2.39. The predicted octanol–water partition coefficient (Wildman–Crippen LogP) is 3.56. The fraction of sp³-hybridized carbons (Fsp3) is 0.391. The minimum Gasteiger partial charge on any atom is -0.445 e. The van der Waals surface area contributed by atoms with Gasteiger partial charge in [-0.05, 0) is 64.8 Å². The van der Waals surface area contributed by atoms with Crippen LogP contribution in [0.2, 0.25) is 0 Å². The Kier molecular flexibility index (Phi) is 4.97. The maximum atomic E-state index is 11.1. The molecule has 0 atom stereocenters. The van der Waals surface area contributed by atoms with Gasteiger partial charge in [-0.15, -0.1) is 15.3 Å². The summed E-state index contributed by atoms with van der Waals surface area (Å²) < 4.78 is 12.4. The fourth-order valence-corrected chi connectivity index (χ4v) is 4.95. The van der Waals surface area contributed by atoms with E-state index in [9.17, 15) is 4.79 Å². The van der Waals surface area contributed by atoms with Crippen LogP contribution in [-0.4, -0.2) is 47.7 Å². The van der Waals surface area contributed by atoms with Crippen molar-refractivity contribution in [2.75, 3.05) is 0 Å². The summed E-state index contributed by atoms with van der Waals surface area (Å²) in [6.45, 7) is 9.15. The maximum absolute atomic E-state index is 11.1. The Morgan fingerprint density at radius 1 is 1.12 bits per heavy atom. The molecule has 1 N–H and O–H groups in total. The number of hydrogen-bond donors (Lipinski definition) is 1. The molecule has 10 heteroatoms. The van der Waals surface area contributed by atoms with E-state index >= 15 is 0 Å². The maximum Gasteiger partial charge on any atom is 0.298 e. The standard InChI is InChI=1S/C23H25N7O3/c1-22(2)11-15(12-23(3,4)28-22)30-20-18(26-29-30)10-17(25-27-20)16-6-5-14(9-19(16)33-13-31)21-24-7-8-32-21/h5-10,13,15,28H,11-12H2,1-4H3. The van der Waals surface area contributed by atoms with E-state index in [1.54, 1.807) is 24.4 Å². The summed E-state index contributed by atoms with van der Waals surface area (Å²) in [6.07, 6.45) is 4.84. The van der Waals surface area contributed by atoms with Gasteiger partial charge in [0, 0.05) is 22.2 Å². The number of piperidine rings is 1. The summed E-state index contributed by atoms with van der Waals surface area (Å²) >= 11 is 0. The number of ether oxygens (including phenoxy) is 1. The lowest BCUT2D eigenvalue weighted by Crippen LogP contribution is -2.58. The number of nitrogens with one attached hydrogen (secondary N) is 1. The molecular formula is C23H25N7O3. The second kappa shape index (κ2) is 7.73. The molecule has 4 heterocycles. The third kappa shape index (κ3) is 4.09. The Morgan fingerprint density at radius 3 is 2.61 bits per heavy atom. The van der Waals surface area contributed by atoms with Crippen LogP contribution in [0.1, 0.15) is 46.6 Å². The SMILES string of the molecule is CC1(C)CC(n2nnc3cc(-c4ccc(-c5ncco5)cc4OC=O)nnc32)CC(C)(C)N1. The molecule has 5 rings (SSSR count). The molecule has 170 valence electrons. The van der Waals surface area contributed by atoms with Gasteiger partial charge in [0.25, 0.3) is 6.47 Å². The molecule has 1 aliphatic rings. The van der Waals surface area contributed by atoms with E-state index < -0.39 is 0 Å². The molecule has 33 heavy (non-hydrogen) atoms. The van der Waals surface area contributed by atoms with E-state index in [4.69, 9.17) is 9.15 Å². The largest absolute Gasteiger partial charge is 0.445 e. The van der Waals surface area contributed by atoms with Gasteiger partial charge in [-0.1, -0.05) is 5.21 Å². The molecule has 0 bridgehead atoms. The lowest BCUT2D eigenvalue weighted by Gasteiger charge is -2.46. The summed E-state index contributed by atoms with van der Waals surface area (Å²) in [4.78, 5) is 15.3. The van der Waals surface area contributed by atoms with Gasteiger partial charge in [0.15, 0.2) is 0 Å². The van der Waals surface area contributed by atoms with Gasteiger partial charge < -0.3 is 14.5 Å². The van der Waals surface area contributed by atoms with Gasteiger partial charge in [0.2, 0.25) is 11.5 Å². The highest BCUT2D eigenvalue weighted by molar-refractivity contribution is 5.79. The van der Waals surface area contributed by atoms with E-state index in [-0.39, 0.29) is 17.1 Å². The van der Waals surface area contributed by atoms with Gasteiger partial charge in [-0.25, -0.2) is 9.67 Å². The minimum atomic E-state index is -0.0380. The molecule has 0 amide bonds. The van der Waals surface area contributed by atoms with Crippen molar-refractivity contribution < 1.29 is 13.9 Å². The Labute approximate surface area is 190 Å². The summed E-state index contributed by atoms with van der Waals surface area (Å²) in [5.41, 5.74) is 2.99. The molecule has 0 unspecified atom stereocenters. The van der Waals surface area contributed by atoms with Crippen LogP contribution in [0.25, 0.3) is 33.9 Å². The Balaban J connectivity index is 1.52. The first kappa shape index (κ1) is 21.2. The summed E-state index contributed by atoms with van der Waals surface area (Å²) in [5, 5.41) is 21.3. The molecule has 0 aliphatic carbocycles. The zero-order valence-corrected chi connectivity index (χ0v) is 18.9. The molecule has 0 saturated carbocycles. The molecule has 4 aromatic rings. The average Bonchev–Trinajstić information content (AvgIpc) is 3.41. The van der Waals surface area contributed by atoms with Crippen LogP contribution in [0.15, 0.2) is 41.1 Å². The van der Waals surface area contributed by atoms with E-state index in [1.165, 1.54) is 6.26 Å².